The van der Waals surface area contributed by atoms with Crippen molar-refractivity contribution in [3.63, 3.8) is 0 Å². The van der Waals surface area contributed by atoms with Crippen LogP contribution in [0.5, 0.6) is 0 Å². The van der Waals surface area contributed by atoms with E-state index in [4.69, 9.17) is 0 Å². The summed E-state index contributed by atoms with van der Waals surface area (Å²) < 4.78 is 19.5. The zero-order valence-corrected chi connectivity index (χ0v) is 11.5. The maximum atomic E-state index is 15.2. The molecule has 4 aliphatic carbocycles. The third-order valence-corrected chi connectivity index (χ3v) is 7.05. The van der Waals surface area contributed by atoms with Crippen molar-refractivity contribution in [3.05, 3.63) is 51.3 Å². The minimum Gasteiger partial charge on any atom is -0.245 e. The molecule has 4 fully saturated rings. The molecule has 110 valence electrons. The van der Waals surface area contributed by atoms with Crippen LogP contribution in [0.15, 0.2) is 39.9 Å². The Morgan fingerprint density at radius 1 is 0.909 bits per heavy atom. The predicted molar refractivity (Wildman–Crippen MR) is 73.7 cm³/mol. The van der Waals surface area contributed by atoms with E-state index in [2.05, 4.69) is 0 Å². The molecular weight excluding hydrogens is 285 g/mol. The molecule has 8 atom stereocenters. The van der Waals surface area contributed by atoms with Gasteiger partial charge in [0.25, 0.3) is 0 Å². The van der Waals surface area contributed by atoms with Crippen molar-refractivity contribution in [1.82, 2.24) is 13.9 Å². The van der Waals surface area contributed by atoms with Crippen LogP contribution in [-0.4, -0.2) is 19.6 Å². The number of rotatable bonds is 1. The van der Waals surface area contributed by atoms with Crippen LogP contribution in [-0.2, 0) is 0 Å². The van der Waals surface area contributed by atoms with Crippen molar-refractivity contribution in [1.29, 1.82) is 0 Å². The molecule has 5 nitrogen and oxygen atoms in total. The Bertz CT molecular complexity index is 1000. The fraction of sp³-hybridized carbons (Fsp3) is 0.500. The summed E-state index contributed by atoms with van der Waals surface area (Å²) in [6.07, 6.45) is 0. The first-order valence-corrected chi connectivity index (χ1v) is 7.88. The first-order valence-electron chi connectivity index (χ1n) is 7.88. The molecule has 6 aliphatic rings. The average Bonchev–Trinajstić information content (AvgIpc) is 3.26. The van der Waals surface area contributed by atoms with E-state index < -0.39 is 11.7 Å². The lowest BCUT2D eigenvalue weighted by Crippen LogP contribution is -2.49. The SMILES string of the molecule is O=c1n(-c2ccccc2)c(=O)n2n1[C@H]1[C@@H]3[C@@H]4[C@@H]3[C@H]2[C@]2(F)[C@H]4[C@@H]12. The number of aromatic nitrogens is 3. The molecule has 2 aromatic rings. The Balaban J connectivity index is 1.59. The van der Waals surface area contributed by atoms with E-state index in [9.17, 15) is 9.59 Å². The van der Waals surface area contributed by atoms with Gasteiger partial charge in [-0.25, -0.2) is 27.9 Å². The minimum atomic E-state index is -1.20. The topological polar surface area (TPSA) is 48.9 Å². The Morgan fingerprint density at radius 2 is 1.64 bits per heavy atom. The average molecular weight is 297 g/mol. The number of hydrogen-bond donors (Lipinski definition) is 0. The number of para-hydroxylation sites is 1. The lowest BCUT2D eigenvalue weighted by molar-refractivity contribution is 0.0263. The summed E-state index contributed by atoms with van der Waals surface area (Å²) in [6, 6.07) is 8.45. The Kier molecular flexibility index (Phi) is 1.27. The summed E-state index contributed by atoms with van der Waals surface area (Å²) in [4.78, 5) is 25.7. The van der Waals surface area contributed by atoms with Gasteiger partial charge in [0.05, 0.1) is 17.8 Å². The largest absolute Gasteiger partial charge is 0.352 e. The first-order chi connectivity index (χ1) is 10.7. The fourth-order valence-corrected chi connectivity index (χ4v) is 6.57. The lowest BCUT2D eigenvalue weighted by Gasteiger charge is -2.39. The van der Waals surface area contributed by atoms with Crippen molar-refractivity contribution in [2.75, 3.05) is 0 Å². The lowest BCUT2D eigenvalue weighted by atomic mass is 9.87. The van der Waals surface area contributed by atoms with Crippen molar-refractivity contribution < 1.29 is 4.39 Å². The van der Waals surface area contributed by atoms with Gasteiger partial charge in [0.2, 0.25) is 0 Å². The van der Waals surface area contributed by atoms with E-state index in [1.165, 1.54) is 9.25 Å². The van der Waals surface area contributed by atoms with Gasteiger partial charge in [0.15, 0.2) is 0 Å². The second kappa shape index (κ2) is 2.64. The Labute approximate surface area is 123 Å². The van der Waals surface area contributed by atoms with E-state index in [1.54, 1.807) is 28.9 Å². The summed E-state index contributed by atoms with van der Waals surface area (Å²) in [5, 5.41) is 0. The maximum absolute atomic E-state index is 15.2. The number of halogens is 1. The monoisotopic (exact) mass is 297 g/mol. The first kappa shape index (κ1) is 10.6. The van der Waals surface area contributed by atoms with Gasteiger partial charge >= 0.3 is 11.4 Å². The molecule has 0 saturated heterocycles. The Morgan fingerprint density at radius 3 is 2.32 bits per heavy atom. The highest BCUT2D eigenvalue weighted by Crippen LogP contribution is 2.94. The highest BCUT2D eigenvalue weighted by Gasteiger charge is 2.98. The van der Waals surface area contributed by atoms with Crippen LogP contribution < -0.4 is 11.4 Å². The fourth-order valence-electron chi connectivity index (χ4n) is 6.57. The Hall–Kier alpha value is -2.11. The zero-order chi connectivity index (χ0) is 14.5. The van der Waals surface area contributed by atoms with Crippen LogP contribution in [0.25, 0.3) is 5.69 Å². The molecule has 22 heavy (non-hydrogen) atoms. The normalized spacial score (nSPS) is 50.1. The highest BCUT2D eigenvalue weighted by atomic mass is 19.1. The van der Waals surface area contributed by atoms with Crippen molar-refractivity contribution in [3.8, 4) is 5.69 Å². The van der Waals surface area contributed by atoms with Gasteiger partial charge in [-0.2, -0.15) is 0 Å². The van der Waals surface area contributed by atoms with E-state index in [1.807, 2.05) is 6.07 Å². The predicted octanol–water partition coefficient (Wildman–Crippen LogP) is 0.740. The van der Waals surface area contributed by atoms with Crippen LogP contribution >= 0.6 is 0 Å². The molecule has 6 heteroatoms. The van der Waals surface area contributed by atoms with Gasteiger partial charge in [0.1, 0.15) is 5.67 Å². The van der Waals surface area contributed by atoms with Gasteiger partial charge in [-0.05, 0) is 29.9 Å². The van der Waals surface area contributed by atoms with Crippen LogP contribution in [0.4, 0.5) is 4.39 Å². The smallest absolute Gasteiger partial charge is 0.245 e. The van der Waals surface area contributed by atoms with E-state index in [-0.39, 0.29) is 29.3 Å². The van der Waals surface area contributed by atoms with E-state index in [0.29, 0.717) is 23.4 Å². The highest BCUT2D eigenvalue weighted by molar-refractivity contribution is 5.45. The number of nitrogens with zero attached hydrogens (tertiary/aromatic N) is 3. The molecule has 2 bridgehead atoms. The molecular formula is C16H12FN3O2. The molecule has 0 amide bonds. The van der Waals surface area contributed by atoms with Gasteiger partial charge in [0, 0.05) is 11.8 Å². The second-order valence-corrected chi connectivity index (χ2v) is 7.47. The summed E-state index contributed by atoms with van der Waals surface area (Å²) in [7, 11) is 0. The molecule has 4 saturated carbocycles. The number of benzene rings is 1. The van der Waals surface area contributed by atoms with Crippen LogP contribution in [0, 0.1) is 29.6 Å². The van der Waals surface area contributed by atoms with E-state index >= 15 is 4.39 Å². The number of alkyl halides is 1. The summed E-state index contributed by atoms with van der Waals surface area (Å²) in [5.74, 6) is 1.28. The molecule has 0 spiro atoms. The van der Waals surface area contributed by atoms with Gasteiger partial charge in [-0.15, -0.1) is 0 Å². The molecule has 0 unspecified atom stereocenters. The molecule has 0 radical (unpaired) electrons. The maximum Gasteiger partial charge on any atom is 0.352 e. The molecule has 0 N–H and O–H groups in total. The summed E-state index contributed by atoms with van der Waals surface area (Å²) in [5.41, 5.74) is -1.31. The standard InChI is InChI=1S/C16H12FN3O2/c17-16-10-7-8-9(7)13(16)20-15(22)18(6-4-2-1-3-5-6)14(21)19(20)12(8)11(10)16/h1-5,7-13H/t7-,8-,9+,10-,11+,12+,13+,16+/m1/s1. The summed E-state index contributed by atoms with van der Waals surface area (Å²) >= 11 is 0. The van der Waals surface area contributed by atoms with Crippen LogP contribution in [0.1, 0.15) is 12.1 Å². The van der Waals surface area contributed by atoms with Crippen LogP contribution in [0.2, 0.25) is 0 Å². The van der Waals surface area contributed by atoms with Crippen molar-refractivity contribution >= 4 is 0 Å². The number of hydrogen-bond acceptors (Lipinski definition) is 2. The third kappa shape index (κ3) is 0.725. The quantitative estimate of drug-likeness (QED) is 0.779. The van der Waals surface area contributed by atoms with Crippen molar-refractivity contribution in [2.24, 2.45) is 29.6 Å². The third-order valence-electron chi connectivity index (χ3n) is 7.05. The molecule has 8 rings (SSSR count). The summed E-state index contributed by atoms with van der Waals surface area (Å²) in [6.45, 7) is 0. The molecule has 3 heterocycles. The van der Waals surface area contributed by atoms with Gasteiger partial charge < -0.3 is 0 Å². The molecule has 2 aliphatic heterocycles. The zero-order valence-electron chi connectivity index (χ0n) is 11.5. The molecule has 1 aromatic heterocycles. The van der Waals surface area contributed by atoms with Gasteiger partial charge in [-0.1, -0.05) is 18.2 Å². The second-order valence-electron chi connectivity index (χ2n) is 7.47. The van der Waals surface area contributed by atoms with Crippen LogP contribution in [0.3, 0.4) is 0 Å². The van der Waals surface area contributed by atoms with Gasteiger partial charge in [-0.3, -0.25) is 0 Å². The van der Waals surface area contributed by atoms with E-state index in [0.717, 1.165) is 0 Å². The molecule has 1 aromatic carbocycles. The van der Waals surface area contributed by atoms with Crippen molar-refractivity contribution in [2.45, 2.75) is 17.8 Å². The minimum absolute atomic E-state index is 0.0128.